The molecule has 5 N–H and O–H groups in total. The van der Waals surface area contributed by atoms with E-state index in [2.05, 4.69) is 20.2 Å². The molecule has 22 heavy (non-hydrogen) atoms. The number of hydrogen-bond acceptors (Lipinski definition) is 9. The molecule has 1 aromatic rings. The fourth-order valence-electron chi connectivity index (χ4n) is 2.15. The van der Waals surface area contributed by atoms with Crippen LogP contribution in [-0.4, -0.2) is 49.3 Å². The fraction of sp³-hybridized carbons (Fsp3) is 0.500. The summed E-state index contributed by atoms with van der Waals surface area (Å²) in [6.07, 6.45) is -1.50. The molecule has 116 valence electrons. The third-order valence-corrected chi connectivity index (χ3v) is 3.26. The Labute approximate surface area is 122 Å². The van der Waals surface area contributed by atoms with E-state index in [1.54, 1.807) is 6.07 Å². The summed E-state index contributed by atoms with van der Waals surface area (Å²) in [5.41, 5.74) is 11.8. The molecule has 1 aliphatic rings. The van der Waals surface area contributed by atoms with Crippen LogP contribution >= 0.6 is 0 Å². The van der Waals surface area contributed by atoms with Crippen LogP contribution in [0.25, 0.3) is 10.4 Å². The van der Waals surface area contributed by atoms with Crippen molar-refractivity contribution in [1.82, 2.24) is 9.55 Å². The second-order valence-electron chi connectivity index (χ2n) is 4.47. The third-order valence-electron chi connectivity index (χ3n) is 3.26. The van der Waals surface area contributed by atoms with Gasteiger partial charge in [-0.3, -0.25) is 4.57 Å². The molecule has 2 rings (SSSR count). The van der Waals surface area contributed by atoms with E-state index >= 15 is 0 Å². The monoisotopic (exact) mass is 308 g/mol. The molecule has 1 aliphatic heterocycles. The van der Waals surface area contributed by atoms with E-state index in [4.69, 9.17) is 26.5 Å². The SMILES string of the molecule is N#C[C@]1(CO)O[C@@H](n2ccc(N)n/c2=N\O)C(N=[N+]=[N-])[C@@H]1O. The van der Waals surface area contributed by atoms with E-state index in [1.807, 2.05) is 0 Å². The van der Waals surface area contributed by atoms with E-state index in [0.717, 1.165) is 4.57 Å². The number of nitrogen functional groups attached to an aromatic ring is 1. The van der Waals surface area contributed by atoms with Crippen molar-refractivity contribution in [2.75, 3.05) is 12.3 Å². The fourth-order valence-corrected chi connectivity index (χ4v) is 2.15. The summed E-state index contributed by atoms with van der Waals surface area (Å²) in [7, 11) is 0. The first-order valence-electron chi connectivity index (χ1n) is 5.98. The van der Waals surface area contributed by atoms with Gasteiger partial charge in [-0.15, -0.1) is 0 Å². The molecule has 0 spiro atoms. The number of aliphatic hydroxyl groups is 2. The van der Waals surface area contributed by atoms with Crippen molar-refractivity contribution >= 4 is 5.82 Å². The van der Waals surface area contributed by atoms with Crippen LogP contribution in [-0.2, 0) is 4.74 Å². The lowest BCUT2D eigenvalue weighted by Crippen LogP contribution is -2.44. The quantitative estimate of drug-likeness (QED) is 0.172. The number of aromatic nitrogens is 2. The highest BCUT2D eigenvalue weighted by molar-refractivity contribution is 5.24. The maximum atomic E-state index is 10.2. The summed E-state index contributed by atoms with van der Waals surface area (Å²) < 4.78 is 6.50. The molecular weight excluding hydrogens is 296 g/mol. The number of ether oxygens (including phenoxy) is 1. The molecular formula is C10H12N8O4. The third kappa shape index (κ3) is 2.30. The lowest BCUT2D eigenvalue weighted by Gasteiger charge is -2.21. The minimum atomic E-state index is -1.98. The smallest absolute Gasteiger partial charge is 0.270 e. The average molecular weight is 308 g/mol. The van der Waals surface area contributed by atoms with E-state index < -0.39 is 30.6 Å². The zero-order valence-corrected chi connectivity index (χ0v) is 11.1. The summed E-state index contributed by atoms with van der Waals surface area (Å²) in [5.74, 6) is 0.0524. The Kier molecular flexibility index (Phi) is 4.15. The van der Waals surface area contributed by atoms with Crippen LogP contribution in [0.15, 0.2) is 22.5 Å². The van der Waals surface area contributed by atoms with Gasteiger partial charge in [0.2, 0.25) is 5.60 Å². The minimum Gasteiger partial charge on any atom is -0.408 e. The molecule has 1 aromatic heterocycles. The number of azide groups is 1. The van der Waals surface area contributed by atoms with Gasteiger partial charge in [-0.05, 0) is 16.8 Å². The highest BCUT2D eigenvalue weighted by atomic mass is 16.6. The summed E-state index contributed by atoms with van der Waals surface area (Å²) in [6.45, 7) is -0.826. The molecule has 0 saturated carbocycles. The molecule has 0 radical (unpaired) electrons. The maximum Gasteiger partial charge on any atom is 0.270 e. The zero-order valence-electron chi connectivity index (χ0n) is 11.1. The van der Waals surface area contributed by atoms with Gasteiger partial charge in [0.1, 0.15) is 30.3 Å². The van der Waals surface area contributed by atoms with E-state index in [1.165, 1.54) is 12.3 Å². The Morgan fingerprint density at radius 2 is 2.41 bits per heavy atom. The summed E-state index contributed by atoms with van der Waals surface area (Å²) in [6, 6.07) is 1.75. The topological polar surface area (TPSA) is 199 Å². The number of aliphatic hydroxyl groups excluding tert-OH is 2. The van der Waals surface area contributed by atoms with Crippen molar-refractivity contribution in [3.63, 3.8) is 0 Å². The number of nitriles is 1. The summed E-state index contributed by atoms with van der Waals surface area (Å²) >= 11 is 0. The first-order valence-corrected chi connectivity index (χ1v) is 5.98. The molecule has 12 nitrogen and oxygen atoms in total. The number of anilines is 1. The van der Waals surface area contributed by atoms with Crippen molar-refractivity contribution in [1.29, 1.82) is 5.26 Å². The van der Waals surface area contributed by atoms with E-state index in [9.17, 15) is 10.2 Å². The summed E-state index contributed by atoms with van der Waals surface area (Å²) in [4.78, 5) is 6.33. The van der Waals surface area contributed by atoms with Crippen LogP contribution in [0.5, 0.6) is 0 Å². The lowest BCUT2D eigenvalue weighted by molar-refractivity contribution is -0.0932. The molecule has 2 heterocycles. The first-order chi connectivity index (χ1) is 10.5. The summed E-state index contributed by atoms with van der Waals surface area (Å²) in [5, 5.41) is 44.0. The highest BCUT2D eigenvalue weighted by Gasteiger charge is 2.55. The van der Waals surface area contributed by atoms with Crippen molar-refractivity contribution in [3.8, 4) is 6.07 Å². The van der Waals surface area contributed by atoms with Gasteiger partial charge in [0.15, 0.2) is 0 Å². The standard InChI is InChI=1S/C10H12N8O4/c11-3-10(4-19)7(20)6(15-17-13)8(22-10)18-2-1-5(12)14-9(18)16-21/h1-2,6-8,19-21H,4H2,(H2,12,14,16)/t6?,7-,8+,10+/m0/s1. The molecule has 0 bridgehead atoms. The van der Waals surface area contributed by atoms with Gasteiger partial charge in [0.05, 0.1) is 6.61 Å². The van der Waals surface area contributed by atoms with Gasteiger partial charge in [0, 0.05) is 11.1 Å². The van der Waals surface area contributed by atoms with E-state index in [0.29, 0.717) is 0 Å². The van der Waals surface area contributed by atoms with Gasteiger partial charge >= 0.3 is 0 Å². The van der Waals surface area contributed by atoms with Crippen molar-refractivity contribution < 1.29 is 20.2 Å². The lowest BCUT2D eigenvalue weighted by atomic mass is 9.97. The van der Waals surface area contributed by atoms with Crippen LogP contribution in [0, 0.1) is 11.3 Å². The molecule has 0 amide bonds. The van der Waals surface area contributed by atoms with Crippen molar-refractivity contribution in [2.24, 2.45) is 10.3 Å². The highest BCUT2D eigenvalue weighted by Crippen LogP contribution is 2.38. The van der Waals surface area contributed by atoms with Gasteiger partial charge in [-0.25, -0.2) is 0 Å². The van der Waals surface area contributed by atoms with Gasteiger partial charge in [0.25, 0.3) is 5.62 Å². The van der Waals surface area contributed by atoms with Crippen molar-refractivity contribution in [2.45, 2.75) is 24.0 Å². The molecule has 12 heteroatoms. The Balaban J connectivity index is 2.59. The molecule has 1 saturated heterocycles. The number of nitrogens with zero attached hydrogens (tertiary/aromatic N) is 7. The van der Waals surface area contributed by atoms with Crippen LogP contribution in [0.3, 0.4) is 0 Å². The van der Waals surface area contributed by atoms with Crippen molar-refractivity contribution in [3.05, 3.63) is 28.3 Å². The van der Waals surface area contributed by atoms with Gasteiger partial charge in [-0.1, -0.05) is 5.11 Å². The largest absolute Gasteiger partial charge is 0.408 e. The molecule has 0 aromatic carbocycles. The second-order valence-corrected chi connectivity index (χ2v) is 4.47. The van der Waals surface area contributed by atoms with E-state index in [-0.39, 0.29) is 11.4 Å². The van der Waals surface area contributed by atoms with Crippen LogP contribution in [0.4, 0.5) is 5.82 Å². The Bertz CT molecular complexity index is 720. The maximum absolute atomic E-state index is 10.2. The molecule has 1 fully saturated rings. The Morgan fingerprint density at radius 1 is 1.68 bits per heavy atom. The first kappa shape index (κ1) is 15.5. The Hall–Kier alpha value is -2.84. The number of rotatable bonds is 3. The van der Waals surface area contributed by atoms with Crippen LogP contribution in [0.2, 0.25) is 0 Å². The predicted molar refractivity (Wildman–Crippen MR) is 68.5 cm³/mol. The minimum absolute atomic E-state index is 0.0524. The molecule has 4 atom stereocenters. The average Bonchev–Trinajstić information content (AvgIpc) is 2.81. The Morgan fingerprint density at radius 3 is 2.95 bits per heavy atom. The molecule has 0 aliphatic carbocycles. The number of nitrogens with two attached hydrogens (primary N) is 1. The van der Waals surface area contributed by atoms with Crippen LogP contribution in [0.1, 0.15) is 6.23 Å². The predicted octanol–water partition coefficient (Wildman–Crippen LogP) is -1.42. The molecule has 1 unspecified atom stereocenters. The zero-order chi connectivity index (χ0) is 16.3. The second kappa shape index (κ2) is 5.88. The van der Waals surface area contributed by atoms with Gasteiger partial charge in [-0.2, -0.15) is 10.2 Å². The van der Waals surface area contributed by atoms with Gasteiger partial charge < -0.3 is 25.9 Å². The van der Waals surface area contributed by atoms with Crippen LogP contribution < -0.4 is 11.4 Å². The normalized spacial score (nSPS) is 31.5. The number of hydrogen-bond donors (Lipinski definition) is 4.